The van der Waals surface area contributed by atoms with Gasteiger partial charge in [-0.05, 0) is 45.1 Å². The number of nitrogens with two attached hydrogens (primary N) is 1. The number of aryl methyl sites for hydroxylation is 1. The number of benzene rings is 1. The van der Waals surface area contributed by atoms with E-state index in [1.807, 2.05) is 25.9 Å². The minimum Gasteiger partial charge on any atom is -0.399 e. The molecule has 1 rings (SSSR count). The molecule has 20 heavy (non-hydrogen) atoms. The van der Waals surface area contributed by atoms with Gasteiger partial charge in [0.1, 0.15) is 5.82 Å². The summed E-state index contributed by atoms with van der Waals surface area (Å²) in [4.78, 5) is 16.2. The van der Waals surface area contributed by atoms with Crippen LogP contribution in [0.25, 0.3) is 0 Å². The van der Waals surface area contributed by atoms with E-state index < -0.39 is 5.82 Å². The maximum atomic E-state index is 14.1. The van der Waals surface area contributed by atoms with E-state index >= 15 is 0 Å². The summed E-state index contributed by atoms with van der Waals surface area (Å²) < 4.78 is 14.1. The van der Waals surface area contributed by atoms with Gasteiger partial charge < -0.3 is 15.5 Å². The Kier molecular flexibility index (Phi) is 5.95. The maximum absolute atomic E-state index is 14.1. The number of anilines is 1. The quantitative estimate of drug-likeness (QED) is 0.813. The van der Waals surface area contributed by atoms with Crippen LogP contribution in [0.2, 0.25) is 0 Å². The monoisotopic (exact) mass is 281 g/mol. The molecule has 5 heteroatoms. The van der Waals surface area contributed by atoms with Gasteiger partial charge in [-0.2, -0.15) is 0 Å². The Bertz CT molecular complexity index is 474. The fraction of sp³-hybridized carbons (Fsp3) is 0.533. The van der Waals surface area contributed by atoms with Gasteiger partial charge >= 0.3 is 0 Å². The van der Waals surface area contributed by atoms with Crippen molar-refractivity contribution in [3.63, 3.8) is 0 Å². The van der Waals surface area contributed by atoms with Crippen LogP contribution in [0.4, 0.5) is 10.1 Å². The Morgan fingerprint density at radius 1 is 1.25 bits per heavy atom. The Labute approximate surface area is 120 Å². The van der Waals surface area contributed by atoms with Crippen molar-refractivity contribution < 1.29 is 9.18 Å². The number of hydrogen-bond donors (Lipinski definition) is 1. The normalized spacial score (nSPS) is 10.9. The molecule has 1 aromatic rings. The first-order valence-corrected chi connectivity index (χ1v) is 6.86. The second-order valence-electron chi connectivity index (χ2n) is 5.29. The van der Waals surface area contributed by atoms with Crippen molar-refractivity contribution >= 4 is 11.6 Å². The molecule has 0 aliphatic rings. The van der Waals surface area contributed by atoms with Crippen molar-refractivity contribution in [1.82, 2.24) is 9.80 Å². The van der Waals surface area contributed by atoms with Crippen molar-refractivity contribution in [3.8, 4) is 0 Å². The maximum Gasteiger partial charge on any atom is 0.256 e. The number of likely N-dealkylation sites (N-methyl/N-ethyl adjacent to an activating group) is 1. The molecule has 0 atom stereocenters. The van der Waals surface area contributed by atoms with Crippen molar-refractivity contribution in [2.24, 2.45) is 0 Å². The minimum atomic E-state index is -0.477. The molecule has 0 spiro atoms. The number of nitrogen functional groups attached to an aromatic ring is 1. The molecule has 1 aromatic carbocycles. The molecule has 1 amide bonds. The van der Waals surface area contributed by atoms with E-state index in [0.29, 0.717) is 24.3 Å². The summed E-state index contributed by atoms with van der Waals surface area (Å²) in [5.74, 6) is -0.767. The van der Waals surface area contributed by atoms with Gasteiger partial charge in [0.15, 0.2) is 0 Å². The molecular formula is C15H24FN3O. The Morgan fingerprint density at radius 3 is 2.45 bits per heavy atom. The molecule has 0 saturated carbocycles. The molecule has 0 bridgehead atoms. The molecule has 0 fully saturated rings. The highest BCUT2D eigenvalue weighted by atomic mass is 19.1. The molecule has 0 aromatic heterocycles. The van der Waals surface area contributed by atoms with Crippen LogP contribution in [0, 0.1) is 12.7 Å². The second-order valence-corrected chi connectivity index (χ2v) is 5.29. The van der Waals surface area contributed by atoms with Gasteiger partial charge in [0, 0.05) is 25.3 Å². The van der Waals surface area contributed by atoms with Crippen LogP contribution < -0.4 is 5.73 Å². The zero-order chi connectivity index (χ0) is 15.3. The number of carbonyl (C=O) groups excluding carboxylic acids is 1. The lowest BCUT2D eigenvalue weighted by atomic mass is 10.1. The minimum absolute atomic E-state index is 0.0645. The first-order valence-electron chi connectivity index (χ1n) is 6.86. The molecular weight excluding hydrogens is 257 g/mol. The Hall–Kier alpha value is -1.62. The van der Waals surface area contributed by atoms with E-state index in [-0.39, 0.29) is 11.5 Å². The first kappa shape index (κ1) is 16.4. The van der Waals surface area contributed by atoms with Gasteiger partial charge in [-0.15, -0.1) is 0 Å². The number of nitrogens with zero attached hydrogens (tertiary/aromatic N) is 2. The van der Waals surface area contributed by atoms with E-state index in [9.17, 15) is 9.18 Å². The molecule has 0 radical (unpaired) electrons. The van der Waals surface area contributed by atoms with E-state index in [0.717, 1.165) is 13.0 Å². The van der Waals surface area contributed by atoms with E-state index in [4.69, 9.17) is 5.73 Å². The van der Waals surface area contributed by atoms with E-state index in [2.05, 4.69) is 0 Å². The molecule has 0 aliphatic heterocycles. The van der Waals surface area contributed by atoms with Gasteiger partial charge in [0.25, 0.3) is 5.91 Å². The molecule has 112 valence electrons. The largest absolute Gasteiger partial charge is 0.399 e. The predicted molar refractivity (Wildman–Crippen MR) is 80.3 cm³/mol. The fourth-order valence-corrected chi connectivity index (χ4v) is 2.03. The SMILES string of the molecule is CCCN(CCN(C)C)C(=O)c1cc(N)cc(C)c1F. The summed E-state index contributed by atoms with van der Waals surface area (Å²) in [6, 6.07) is 2.96. The summed E-state index contributed by atoms with van der Waals surface area (Å²) in [6.07, 6.45) is 0.835. The van der Waals surface area contributed by atoms with Crippen LogP contribution in [0.5, 0.6) is 0 Å². The van der Waals surface area contributed by atoms with Crippen LogP contribution >= 0.6 is 0 Å². The molecule has 0 heterocycles. The zero-order valence-corrected chi connectivity index (χ0v) is 12.7. The van der Waals surface area contributed by atoms with E-state index in [1.54, 1.807) is 11.8 Å². The highest BCUT2D eigenvalue weighted by Crippen LogP contribution is 2.19. The van der Waals surface area contributed by atoms with Crippen LogP contribution in [0.3, 0.4) is 0 Å². The third-order valence-electron chi connectivity index (χ3n) is 3.11. The summed E-state index contributed by atoms with van der Waals surface area (Å²) in [6.45, 7) is 5.55. The lowest BCUT2D eigenvalue weighted by molar-refractivity contribution is 0.0740. The number of halogens is 1. The van der Waals surface area contributed by atoms with Crippen LogP contribution in [-0.2, 0) is 0 Å². The van der Waals surface area contributed by atoms with Crippen molar-refractivity contribution in [2.45, 2.75) is 20.3 Å². The van der Waals surface area contributed by atoms with Gasteiger partial charge in [-0.25, -0.2) is 4.39 Å². The first-order chi connectivity index (χ1) is 9.36. The van der Waals surface area contributed by atoms with Crippen molar-refractivity contribution in [3.05, 3.63) is 29.1 Å². The third kappa shape index (κ3) is 4.20. The zero-order valence-electron chi connectivity index (χ0n) is 12.7. The Balaban J connectivity index is 2.99. The second kappa shape index (κ2) is 7.24. The number of hydrogen-bond acceptors (Lipinski definition) is 3. The lowest BCUT2D eigenvalue weighted by Gasteiger charge is -2.24. The molecule has 0 aliphatic carbocycles. The van der Waals surface area contributed by atoms with Gasteiger partial charge in [-0.1, -0.05) is 6.92 Å². The van der Waals surface area contributed by atoms with E-state index in [1.165, 1.54) is 12.1 Å². The molecule has 0 unspecified atom stereocenters. The van der Waals surface area contributed by atoms with Crippen molar-refractivity contribution in [2.75, 3.05) is 39.5 Å². The van der Waals surface area contributed by atoms with Crippen molar-refractivity contribution in [1.29, 1.82) is 0 Å². The van der Waals surface area contributed by atoms with Gasteiger partial charge in [0.05, 0.1) is 5.56 Å². The third-order valence-corrected chi connectivity index (χ3v) is 3.11. The highest BCUT2D eigenvalue weighted by Gasteiger charge is 2.20. The molecule has 4 nitrogen and oxygen atoms in total. The fourth-order valence-electron chi connectivity index (χ4n) is 2.03. The topological polar surface area (TPSA) is 49.6 Å². The highest BCUT2D eigenvalue weighted by molar-refractivity contribution is 5.95. The van der Waals surface area contributed by atoms with Crippen LogP contribution in [0.1, 0.15) is 29.3 Å². The standard InChI is InChI=1S/C15H24FN3O/c1-5-6-19(8-7-18(3)4)15(20)13-10-12(17)9-11(2)14(13)16/h9-10H,5-8,17H2,1-4H3. The van der Waals surface area contributed by atoms with Crippen LogP contribution in [-0.4, -0.2) is 49.4 Å². The number of carbonyl (C=O) groups is 1. The van der Waals surface area contributed by atoms with Gasteiger partial charge in [0.2, 0.25) is 0 Å². The predicted octanol–water partition coefficient (Wildman–Crippen LogP) is 2.13. The van der Waals surface area contributed by atoms with Crippen LogP contribution in [0.15, 0.2) is 12.1 Å². The molecule has 0 saturated heterocycles. The van der Waals surface area contributed by atoms with Gasteiger partial charge in [-0.3, -0.25) is 4.79 Å². The molecule has 2 N–H and O–H groups in total. The summed E-state index contributed by atoms with van der Waals surface area (Å²) in [5.41, 5.74) is 6.59. The average Bonchev–Trinajstić information content (AvgIpc) is 2.37. The summed E-state index contributed by atoms with van der Waals surface area (Å²) in [5, 5.41) is 0. The lowest BCUT2D eigenvalue weighted by Crippen LogP contribution is -2.37. The smallest absolute Gasteiger partial charge is 0.256 e. The number of amides is 1. The number of rotatable bonds is 6. The average molecular weight is 281 g/mol. The Morgan fingerprint density at radius 2 is 1.90 bits per heavy atom. The summed E-state index contributed by atoms with van der Waals surface area (Å²) in [7, 11) is 3.89. The summed E-state index contributed by atoms with van der Waals surface area (Å²) >= 11 is 0.